The van der Waals surface area contributed by atoms with Gasteiger partial charge in [0, 0.05) is 17.5 Å². The second-order valence-electron chi connectivity index (χ2n) is 3.65. The molecular weight excluding hydrogens is 210 g/mol. The molecule has 0 aliphatic heterocycles. The summed E-state index contributed by atoms with van der Waals surface area (Å²) in [5, 5.41) is 3.31. The summed E-state index contributed by atoms with van der Waals surface area (Å²) in [5.74, 6) is 6.49. The average Bonchev–Trinajstić information content (AvgIpc) is 3.07. The summed E-state index contributed by atoms with van der Waals surface area (Å²) >= 11 is 1.92. The number of hydrazine groups is 1. The predicted molar refractivity (Wildman–Crippen MR) is 63.8 cm³/mol. The fourth-order valence-corrected chi connectivity index (χ4v) is 2.10. The van der Waals surface area contributed by atoms with E-state index in [4.69, 9.17) is 5.84 Å². The molecule has 15 heavy (non-hydrogen) atoms. The van der Waals surface area contributed by atoms with E-state index in [-0.39, 0.29) is 0 Å². The van der Waals surface area contributed by atoms with Crippen molar-refractivity contribution in [1.29, 1.82) is 0 Å². The Morgan fingerprint density at radius 2 is 2.40 bits per heavy atom. The quantitative estimate of drug-likeness (QED) is 0.514. The van der Waals surface area contributed by atoms with Gasteiger partial charge in [0.25, 0.3) is 0 Å². The fourth-order valence-electron chi connectivity index (χ4n) is 1.37. The van der Waals surface area contributed by atoms with Crippen LogP contribution >= 0.6 is 11.8 Å². The first-order valence-electron chi connectivity index (χ1n) is 4.87. The first kappa shape index (κ1) is 10.5. The summed E-state index contributed by atoms with van der Waals surface area (Å²) in [5.41, 5.74) is 2.43. The molecule has 1 fully saturated rings. The van der Waals surface area contributed by atoms with Gasteiger partial charge in [0.15, 0.2) is 0 Å². The number of hydrogen-bond donors (Lipinski definition) is 3. The van der Waals surface area contributed by atoms with Crippen LogP contribution in [0.25, 0.3) is 0 Å². The van der Waals surface area contributed by atoms with Crippen LogP contribution in [-0.4, -0.2) is 27.5 Å². The van der Waals surface area contributed by atoms with Crippen molar-refractivity contribution in [1.82, 2.24) is 9.97 Å². The molecule has 2 rings (SSSR count). The van der Waals surface area contributed by atoms with Gasteiger partial charge in [-0.15, -0.1) is 0 Å². The SMILES string of the molecule is CSC1(CNc2ccnc(NN)n2)CC1. The molecule has 0 saturated heterocycles. The number of hydrogen-bond acceptors (Lipinski definition) is 6. The number of nitrogens with two attached hydrogens (primary N) is 1. The molecule has 0 radical (unpaired) electrons. The van der Waals surface area contributed by atoms with Crippen LogP contribution in [0.1, 0.15) is 12.8 Å². The van der Waals surface area contributed by atoms with Crippen molar-refractivity contribution in [3.63, 3.8) is 0 Å². The van der Waals surface area contributed by atoms with Gasteiger partial charge < -0.3 is 5.32 Å². The highest BCUT2D eigenvalue weighted by molar-refractivity contribution is 8.00. The van der Waals surface area contributed by atoms with Crippen LogP contribution in [0.3, 0.4) is 0 Å². The van der Waals surface area contributed by atoms with E-state index in [1.165, 1.54) is 12.8 Å². The second kappa shape index (κ2) is 4.24. The van der Waals surface area contributed by atoms with Crippen LogP contribution in [0, 0.1) is 0 Å². The third kappa shape index (κ3) is 2.51. The van der Waals surface area contributed by atoms with Gasteiger partial charge in [-0.3, -0.25) is 5.43 Å². The Hall–Kier alpha value is -1.01. The Labute approximate surface area is 93.2 Å². The minimum atomic E-state index is 0.432. The van der Waals surface area contributed by atoms with Gasteiger partial charge in [-0.25, -0.2) is 10.8 Å². The minimum Gasteiger partial charge on any atom is -0.369 e. The molecule has 1 aromatic rings. The minimum absolute atomic E-state index is 0.432. The van der Waals surface area contributed by atoms with E-state index in [1.807, 2.05) is 17.8 Å². The fraction of sp³-hybridized carbons (Fsp3) is 0.556. The molecule has 82 valence electrons. The van der Waals surface area contributed by atoms with Crippen LogP contribution in [0.2, 0.25) is 0 Å². The van der Waals surface area contributed by atoms with Crippen molar-refractivity contribution < 1.29 is 0 Å². The smallest absolute Gasteiger partial charge is 0.239 e. The molecule has 1 aromatic heterocycles. The van der Waals surface area contributed by atoms with Gasteiger partial charge in [-0.05, 0) is 25.2 Å². The lowest BCUT2D eigenvalue weighted by atomic mass is 10.4. The molecule has 6 heteroatoms. The summed E-state index contributed by atoms with van der Waals surface area (Å²) < 4.78 is 0.432. The zero-order chi connectivity index (χ0) is 10.7. The van der Waals surface area contributed by atoms with E-state index in [0.717, 1.165) is 12.4 Å². The molecule has 5 nitrogen and oxygen atoms in total. The first-order chi connectivity index (χ1) is 7.28. The van der Waals surface area contributed by atoms with E-state index in [2.05, 4.69) is 27.0 Å². The van der Waals surface area contributed by atoms with Gasteiger partial charge in [-0.2, -0.15) is 16.7 Å². The van der Waals surface area contributed by atoms with Gasteiger partial charge in [0.05, 0.1) is 0 Å². The number of nitrogens with zero attached hydrogens (tertiary/aromatic N) is 2. The zero-order valence-corrected chi connectivity index (χ0v) is 9.47. The Morgan fingerprint density at radius 3 is 3.00 bits per heavy atom. The maximum absolute atomic E-state index is 5.23. The van der Waals surface area contributed by atoms with Crippen molar-refractivity contribution in [2.75, 3.05) is 23.5 Å². The Balaban J connectivity index is 1.93. The largest absolute Gasteiger partial charge is 0.369 e. The van der Waals surface area contributed by atoms with E-state index in [0.29, 0.717) is 10.7 Å². The average molecular weight is 225 g/mol. The van der Waals surface area contributed by atoms with Gasteiger partial charge in [0.1, 0.15) is 5.82 Å². The lowest BCUT2D eigenvalue weighted by Gasteiger charge is -2.13. The number of thioether (sulfide) groups is 1. The third-order valence-corrected chi connectivity index (χ3v) is 4.04. The Kier molecular flexibility index (Phi) is 2.97. The maximum atomic E-state index is 5.23. The number of aromatic nitrogens is 2. The van der Waals surface area contributed by atoms with Crippen molar-refractivity contribution >= 4 is 23.5 Å². The van der Waals surface area contributed by atoms with Gasteiger partial charge >= 0.3 is 0 Å². The van der Waals surface area contributed by atoms with E-state index >= 15 is 0 Å². The first-order valence-corrected chi connectivity index (χ1v) is 6.09. The molecule has 0 spiro atoms. The molecule has 0 unspecified atom stereocenters. The molecule has 4 N–H and O–H groups in total. The zero-order valence-electron chi connectivity index (χ0n) is 8.66. The summed E-state index contributed by atoms with van der Waals surface area (Å²) in [6.07, 6.45) is 6.41. The molecule has 0 atom stereocenters. The summed E-state index contributed by atoms with van der Waals surface area (Å²) in [4.78, 5) is 8.13. The summed E-state index contributed by atoms with van der Waals surface area (Å²) in [6, 6.07) is 1.84. The number of anilines is 2. The van der Waals surface area contributed by atoms with Gasteiger partial charge in [0.2, 0.25) is 5.95 Å². The topological polar surface area (TPSA) is 75.9 Å². The molecule has 1 aliphatic rings. The highest BCUT2D eigenvalue weighted by atomic mass is 32.2. The molecule has 0 amide bonds. The van der Waals surface area contributed by atoms with Crippen LogP contribution in [0.4, 0.5) is 11.8 Å². The van der Waals surface area contributed by atoms with Crippen LogP contribution in [0.5, 0.6) is 0 Å². The van der Waals surface area contributed by atoms with Crippen molar-refractivity contribution in [2.24, 2.45) is 5.84 Å². The lowest BCUT2D eigenvalue weighted by molar-refractivity contribution is 0.937. The molecule has 0 aromatic carbocycles. The molecular formula is C9H15N5S. The maximum Gasteiger partial charge on any atom is 0.239 e. The predicted octanol–water partition coefficient (Wildman–Crippen LogP) is 1.07. The molecule has 1 saturated carbocycles. The normalized spacial score (nSPS) is 17.2. The van der Waals surface area contributed by atoms with E-state index in [1.54, 1.807) is 6.20 Å². The summed E-state index contributed by atoms with van der Waals surface area (Å²) in [7, 11) is 0. The van der Waals surface area contributed by atoms with E-state index < -0.39 is 0 Å². The lowest BCUT2D eigenvalue weighted by Crippen LogP contribution is -2.19. The van der Waals surface area contributed by atoms with Crippen molar-refractivity contribution in [2.45, 2.75) is 17.6 Å². The number of nitrogens with one attached hydrogen (secondary N) is 2. The standard InChI is InChI=1S/C9H15N5S/c1-15-9(3-4-9)6-12-7-2-5-11-8(13-7)14-10/h2,5H,3-4,6,10H2,1H3,(H2,11,12,13,14). The van der Waals surface area contributed by atoms with Crippen LogP contribution in [0.15, 0.2) is 12.3 Å². The second-order valence-corrected chi connectivity index (χ2v) is 4.92. The van der Waals surface area contributed by atoms with Crippen molar-refractivity contribution in [3.05, 3.63) is 12.3 Å². The van der Waals surface area contributed by atoms with Crippen LogP contribution < -0.4 is 16.6 Å². The van der Waals surface area contributed by atoms with Crippen molar-refractivity contribution in [3.8, 4) is 0 Å². The van der Waals surface area contributed by atoms with Crippen LogP contribution in [-0.2, 0) is 0 Å². The number of nitrogen functional groups attached to an aromatic ring is 1. The summed E-state index contributed by atoms with van der Waals surface area (Å²) in [6.45, 7) is 0.954. The van der Waals surface area contributed by atoms with Gasteiger partial charge in [-0.1, -0.05) is 0 Å². The monoisotopic (exact) mass is 225 g/mol. The molecule has 1 aliphatic carbocycles. The van der Waals surface area contributed by atoms with E-state index in [9.17, 15) is 0 Å². The third-order valence-electron chi connectivity index (χ3n) is 2.62. The Morgan fingerprint density at radius 1 is 1.60 bits per heavy atom. The number of rotatable bonds is 5. The highest BCUT2D eigenvalue weighted by Crippen LogP contribution is 2.46. The highest BCUT2D eigenvalue weighted by Gasteiger charge is 2.41. The molecule has 0 bridgehead atoms. The Bertz CT molecular complexity index is 339. The molecule has 1 heterocycles.